The predicted octanol–water partition coefficient (Wildman–Crippen LogP) is 4.59. The number of alkyl halides is 3. The van der Waals surface area contributed by atoms with E-state index in [4.69, 9.17) is 0 Å². The van der Waals surface area contributed by atoms with Crippen LogP contribution in [0.25, 0.3) is 0 Å². The maximum absolute atomic E-state index is 12.4. The molecule has 1 aromatic rings. The molecule has 0 nitrogen and oxygen atoms in total. The minimum absolute atomic E-state index is 0.217. The minimum atomic E-state index is -4.19. The van der Waals surface area contributed by atoms with Gasteiger partial charge in [-0.25, -0.2) is 0 Å². The summed E-state index contributed by atoms with van der Waals surface area (Å²) in [5.74, 6) is 0.217. The van der Waals surface area contributed by atoms with Crippen molar-refractivity contribution in [3.8, 4) is 0 Å². The van der Waals surface area contributed by atoms with E-state index in [1.165, 1.54) is 6.92 Å². The van der Waals surface area contributed by atoms with Gasteiger partial charge in [0, 0.05) is 4.88 Å². The van der Waals surface area contributed by atoms with Crippen molar-refractivity contribution in [1.82, 2.24) is 0 Å². The van der Waals surface area contributed by atoms with Crippen molar-refractivity contribution in [2.45, 2.75) is 39.3 Å². The number of rotatable bonds is 2. The van der Waals surface area contributed by atoms with Crippen molar-refractivity contribution < 1.29 is 13.2 Å². The second-order valence-electron chi connectivity index (χ2n) is 3.47. The van der Waals surface area contributed by atoms with Gasteiger partial charge in [-0.15, -0.1) is 11.3 Å². The fourth-order valence-corrected chi connectivity index (χ4v) is 2.41. The van der Waals surface area contributed by atoms with Gasteiger partial charge in [-0.3, -0.25) is 0 Å². The van der Waals surface area contributed by atoms with Crippen LogP contribution in [0.1, 0.15) is 41.5 Å². The molecule has 14 heavy (non-hydrogen) atoms. The Kier molecular flexibility index (Phi) is 3.24. The minimum Gasteiger partial charge on any atom is -0.165 e. The third kappa shape index (κ3) is 2.29. The monoisotopic (exact) mass is 222 g/mol. The first kappa shape index (κ1) is 11.6. The summed E-state index contributed by atoms with van der Waals surface area (Å²) in [5.41, 5.74) is 0.345. The molecule has 0 spiro atoms. The van der Waals surface area contributed by atoms with E-state index in [1.54, 1.807) is 6.07 Å². The van der Waals surface area contributed by atoms with Crippen LogP contribution in [-0.4, -0.2) is 0 Å². The first-order valence-corrected chi connectivity index (χ1v) is 5.35. The zero-order valence-electron chi connectivity index (χ0n) is 8.40. The summed E-state index contributed by atoms with van der Waals surface area (Å²) in [5, 5.41) is 0. The van der Waals surface area contributed by atoms with Gasteiger partial charge in [0.25, 0.3) is 0 Å². The smallest absolute Gasteiger partial charge is 0.165 e. The van der Waals surface area contributed by atoms with Crippen LogP contribution < -0.4 is 0 Å². The Hall–Kier alpha value is -0.510. The fraction of sp³-hybridized carbons (Fsp3) is 0.600. The van der Waals surface area contributed by atoms with Crippen LogP contribution in [0, 0.1) is 6.92 Å². The normalized spacial score (nSPS) is 14.4. The average Bonchev–Trinajstić information content (AvgIpc) is 2.45. The Labute approximate surface area is 85.8 Å². The molecule has 80 valence electrons. The Morgan fingerprint density at radius 3 is 2.36 bits per heavy atom. The highest BCUT2D eigenvalue weighted by atomic mass is 32.1. The van der Waals surface area contributed by atoms with Gasteiger partial charge in [0.1, 0.15) is 4.88 Å². The van der Waals surface area contributed by atoms with E-state index in [9.17, 15) is 13.2 Å². The first-order chi connectivity index (χ1) is 6.36. The average molecular weight is 222 g/mol. The zero-order valence-corrected chi connectivity index (χ0v) is 9.22. The molecule has 1 atom stereocenters. The fourth-order valence-electron chi connectivity index (χ4n) is 1.23. The number of halogens is 3. The molecule has 0 aliphatic heterocycles. The zero-order chi connectivity index (χ0) is 10.9. The Balaban J connectivity index is 3.05. The number of hydrogen-bond acceptors (Lipinski definition) is 1. The molecule has 0 radical (unpaired) electrons. The van der Waals surface area contributed by atoms with Crippen LogP contribution in [0.15, 0.2) is 6.07 Å². The maximum Gasteiger partial charge on any atom is 0.425 e. The van der Waals surface area contributed by atoms with E-state index in [1.807, 2.05) is 13.8 Å². The lowest BCUT2D eigenvalue weighted by Crippen LogP contribution is -2.03. The largest absolute Gasteiger partial charge is 0.425 e. The molecular formula is C10H13F3S. The van der Waals surface area contributed by atoms with Crippen LogP contribution in [0.5, 0.6) is 0 Å². The van der Waals surface area contributed by atoms with Gasteiger partial charge in [0.2, 0.25) is 0 Å². The summed E-state index contributed by atoms with van der Waals surface area (Å²) in [6.07, 6.45) is -3.32. The standard InChI is InChI=1S/C10H13F3S/c1-4-6(2)8-5-7(3)9(14-8)10(11,12)13/h5-6H,4H2,1-3H3. The summed E-state index contributed by atoms with van der Waals surface area (Å²) in [4.78, 5) is 0.380. The summed E-state index contributed by atoms with van der Waals surface area (Å²) in [6, 6.07) is 1.65. The van der Waals surface area contributed by atoms with Crippen molar-refractivity contribution >= 4 is 11.3 Å². The van der Waals surface area contributed by atoms with E-state index < -0.39 is 11.1 Å². The summed E-state index contributed by atoms with van der Waals surface area (Å²) in [7, 11) is 0. The molecule has 0 saturated heterocycles. The van der Waals surface area contributed by atoms with Crippen LogP contribution in [0.3, 0.4) is 0 Å². The molecule has 4 heteroatoms. The number of thiophene rings is 1. The highest BCUT2D eigenvalue weighted by molar-refractivity contribution is 7.12. The van der Waals surface area contributed by atoms with Crippen molar-refractivity contribution in [3.63, 3.8) is 0 Å². The van der Waals surface area contributed by atoms with Gasteiger partial charge in [0.15, 0.2) is 0 Å². The molecule has 0 saturated carbocycles. The van der Waals surface area contributed by atoms with Crippen molar-refractivity contribution in [1.29, 1.82) is 0 Å². The van der Waals surface area contributed by atoms with Crippen LogP contribution >= 0.6 is 11.3 Å². The first-order valence-electron chi connectivity index (χ1n) is 4.53. The maximum atomic E-state index is 12.4. The Morgan fingerprint density at radius 1 is 1.43 bits per heavy atom. The highest BCUT2D eigenvalue weighted by Gasteiger charge is 2.34. The molecule has 1 heterocycles. The van der Waals surface area contributed by atoms with Crippen LogP contribution in [-0.2, 0) is 6.18 Å². The van der Waals surface area contributed by atoms with Crippen molar-refractivity contribution in [2.75, 3.05) is 0 Å². The molecule has 0 bridgehead atoms. The summed E-state index contributed by atoms with van der Waals surface area (Å²) < 4.78 is 37.3. The molecule has 0 fully saturated rings. The van der Waals surface area contributed by atoms with E-state index in [2.05, 4.69) is 0 Å². The van der Waals surface area contributed by atoms with Crippen molar-refractivity contribution in [3.05, 3.63) is 21.4 Å². The van der Waals surface area contributed by atoms with Crippen LogP contribution in [0.4, 0.5) is 13.2 Å². The predicted molar refractivity (Wildman–Crippen MR) is 52.8 cm³/mol. The topological polar surface area (TPSA) is 0 Å². The molecular weight excluding hydrogens is 209 g/mol. The lowest BCUT2D eigenvalue weighted by molar-refractivity contribution is -0.134. The lowest BCUT2D eigenvalue weighted by Gasteiger charge is -2.05. The van der Waals surface area contributed by atoms with E-state index in [0.717, 1.165) is 22.6 Å². The van der Waals surface area contributed by atoms with E-state index in [0.29, 0.717) is 5.56 Å². The second kappa shape index (κ2) is 3.93. The SMILES string of the molecule is CCC(C)c1cc(C)c(C(F)(F)F)s1. The van der Waals surface area contributed by atoms with Gasteiger partial charge in [-0.05, 0) is 30.9 Å². The second-order valence-corrected chi connectivity index (χ2v) is 4.55. The molecule has 1 aromatic heterocycles. The molecule has 0 amide bonds. The lowest BCUT2D eigenvalue weighted by atomic mass is 10.1. The molecule has 0 N–H and O–H groups in total. The third-order valence-electron chi connectivity index (χ3n) is 2.29. The van der Waals surface area contributed by atoms with Crippen LogP contribution in [0.2, 0.25) is 0 Å². The third-order valence-corrected chi connectivity index (χ3v) is 3.81. The molecule has 0 aromatic carbocycles. The Bertz CT molecular complexity index is 312. The quantitative estimate of drug-likeness (QED) is 0.686. The number of hydrogen-bond donors (Lipinski definition) is 0. The Morgan fingerprint density at radius 2 is 2.00 bits per heavy atom. The van der Waals surface area contributed by atoms with Gasteiger partial charge >= 0.3 is 6.18 Å². The molecule has 1 unspecified atom stereocenters. The van der Waals surface area contributed by atoms with Gasteiger partial charge in [-0.2, -0.15) is 13.2 Å². The molecule has 1 rings (SSSR count). The molecule has 0 aliphatic carbocycles. The van der Waals surface area contributed by atoms with Gasteiger partial charge < -0.3 is 0 Å². The van der Waals surface area contributed by atoms with E-state index in [-0.39, 0.29) is 5.92 Å². The van der Waals surface area contributed by atoms with Crippen molar-refractivity contribution in [2.24, 2.45) is 0 Å². The molecule has 0 aliphatic rings. The summed E-state index contributed by atoms with van der Waals surface area (Å²) in [6.45, 7) is 5.45. The van der Waals surface area contributed by atoms with Gasteiger partial charge in [-0.1, -0.05) is 13.8 Å². The van der Waals surface area contributed by atoms with E-state index >= 15 is 0 Å². The number of aryl methyl sites for hydroxylation is 1. The van der Waals surface area contributed by atoms with Gasteiger partial charge in [0.05, 0.1) is 0 Å². The highest BCUT2D eigenvalue weighted by Crippen LogP contribution is 2.40. The summed E-state index contributed by atoms with van der Waals surface area (Å²) >= 11 is 0.874.